The van der Waals surface area contributed by atoms with Crippen LogP contribution >= 0.6 is 0 Å². The van der Waals surface area contributed by atoms with Crippen LogP contribution in [0.25, 0.3) is 0 Å². The molecule has 0 aliphatic heterocycles. The predicted molar refractivity (Wildman–Crippen MR) is 152 cm³/mol. The SMILES string of the molecule is CCCNC(=O)[C@H](Cc1ccccc1)N(Cc1ccc(F)cc1)C(=O)CCCN(c1ccc(F)cc1)S(C)(=O)=O. The second kappa shape index (κ2) is 14.6. The van der Waals surface area contributed by atoms with Crippen LogP contribution < -0.4 is 9.62 Å². The molecular weight excluding hydrogens is 536 g/mol. The smallest absolute Gasteiger partial charge is 0.243 e. The minimum atomic E-state index is -3.70. The summed E-state index contributed by atoms with van der Waals surface area (Å²) in [4.78, 5) is 28.5. The molecule has 10 heteroatoms. The van der Waals surface area contributed by atoms with Crippen LogP contribution in [0.2, 0.25) is 0 Å². The minimum absolute atomic E-state index is 0.00796. The molecule has 2 amide bonds. The zero-order chi connectivity index (χ0) is 29.1. The number of halogens is 2. The Hall–Kier alpha value is -3.79. The third-order valence-electron chi connectivity index (χ3n) is 6.35. The lowest BCUT2D eigenvalue weighted by Gasteiger charge is -2.32. The number of nitrogens with zero attached hydrogens (tertiary/aromatic N) is 2. The number of rotatable bonds is 14. The molecule has 0 unspecified atom stereocenters. The first-order chi connectivity index (χ1) is 19.1. The van der Waals surface area contributed by atoms with E-state index in [0.717, 1.165) is 22.5 Å². The second-order valence-electron chi connectivity index (χ2n) is 9.56. The van der Waals surface area contributed by atoms with Crippen LogP contribution in [0.5, 0.6) is 0 Å². The first-order valence-electron chi connectivity index (χ1n) is 13.2. The summed E-state index contributed by atoms with van der Waals surface area (Å²) in [6, 6.07) is 19.3. The molecule has 0 heterocycles. The average Bonchev–Trinajstić information content (AvgIpc) is 2.93. The highest BCUT2D eigenvalue weighted by atomic mass is 32.2. The number of benzene rings is 3. The molecule has 0 bridgehead atoms. The Morgan fingerprint density at radius 1 is 0.875 bits per heavy atom. The van der Waals surface area contributed by atoms with Crippen molar-refractivity contribution in [2.75, 3.05) is 23.7 Å². The average molecular weight is 572 g/mol. The topological polar surface area (TPSA) is 86.8 Å². The van der Waals surface area contributed by atoms with E-state index in [1.54, 1.807) is 12.1 Å². The maximum absolute atomic E-state index is 13.7. The molecule has 40 heavy (non-hydrogen) atoms. The zero-order valence-electron chi connectivity index (χ0n) is 22.7. The van der Waals surface area contributed by atoms with Gasteiger partial charge in [0.15, 0.2) is 0 Å². The predicted octanol–water partition coefficient (Wildman–Crippen LogP) is 4.68. The van der Waals surface area contributed by atoms with Gasteiger partial charge in [-0.3, -0.25) is 13.9 Å². The van der Waals surface area contributed by atoms with E-state index in [1.165, 1.54) is 41.3 Å². The lowest BCUT2D eigenvalue weighted by atomic mass is 10.0. The van der Waals surface area contributed by atoms with Crippen molar-refractivity contribution in [2.24, 2.45) is 0 Å². The quantitative estimate of drug-likeness (QED) is 0.305. The monoisotopic (exact) mass is 571 g/mol. The molecule has 0 spiro atoms. The summed E-state index contributed by atoms with van der Waals surface area (Å²) in [5, 5.41) is 2.89. The summed E-state index contributed by atoms with van der Waals surface area (Å²) >= 11 is 0. The van der Waals surface area contributed by atoms with Crippen molar-refractivity contribution in [3.05, 3.63) is 102 Å². The molecule has 3 aromatic rings. The Balaban J connectivity index is 1.85. The second-order valence-corrected chi connectivity index (χ2v) is 11.5. The van der Waals surface area contributed by atoms with Crippen molar-refractivity contribution in [2.45, 2.75) is 45.2 Å². The van der Waals surface area contributed by atoms with E-state index < -0.39 is 27.7 Å². The van der Waals surface area contributed by atoms with Crippen molar-refractivity contribution in [3.63, 3.8) is 0 Å². The molecule has 3 aromatic carbocycles. The maximum Gasteiger partial charge on any atom is 0.243 e. The number of hydrogen-bond donors (Lipinski definition) is 1. The molecule has 7 nitrogen and oxygen atoms in total. The van der Waals surface area contributed by atoms with E-state index in [1.807, 2.05) is 37.3 Å². The highest BCUT2D eigenvalue weighted by Gasteiger charge is 2.30. The van der Waals surface area contributed by atoms with Crippen LogP contribution in [-0.4, -0.2) is 50.5 Å². The summed E-state index contributed by atoms with van der Waals surface area (Å²) in [6.07, 6.45) is 2.17. The van der Waals surface area contributed by atoms with Gasteiger partial charge in [-0.05, 0) is 60.4 Å². The van der Waals surface area contributed by atoms with Gasteiger partial charge in [-0.2, -0.15) is 0 Å². The Morgan fingerprint density at radius 3 is 2.05 bits per heavy atom. The molecule has 3 rings (SSSR count). The highest BCUT2D eigenvalue weighted by molar-refractivity contribution is 7.92. The highest BCUT2D eigenvalue weighted by Crippen LogP contribution is 2.21. The van der Waals surface area contributed by atoms with Gasteiger partial charge in [0.2, 0.25) is 21.8 Å². The van der Waals surface area contributed by atoms with Crippen LogP contribution in [0, 0.1) is 11.6 Å². The molecule has 0 fully saturated rings. The molecule has 0 aliphatic rings. The van der Waals surface area contributed by atoms with Crippen molar-refractivity contribution < 1.29 is 26.8 Å². The zero-order valence-corrected chi connectivity index (χ0v) is 23.5. The van der Waals surface area contributed by atoms with Crippen molar-refractivity contribution in [3.8, 4) is 0 Å². The number of hydrogen-bond acceptors (Lipinski definition) is 4. The van der Waals surface area contributed by atoms with Crippen LogP contribution in [-0.2, 0) is 32.6 Å². The van der Waals surface area contributed by atoms with Gasteiger partial charge in [-0.1, -0.05) is 49.4 Å². The van der Waals surface area contributed by atoms with E-state index in [0.29, 0.717) is 17.8 Å². The standard InChI is InChI=1S/C30H35F2N3O4S/c1-3-19-33-30(37)28(21-23-8-5-4-6-9-23)34(22-24-11-13-25(31)14-12-24)29(36)10-7-20-35(40(2,38)39)27-17-15-26(32)16-18-27/h4-6,8-9,11-18,28H,3,7,10,19-22H2,1-2H3,(H,33,37)/t28-/m0/s1. The fourth-order valence-corrected chi connectivity index (χ4v) is 5.28. The fraction of sp³-hybridized carbons (Fsp3) is 0.333. The van der Waals surface area contributed by atoms with Gasteiger partial charge in [-0.25, -0.2) is 17.2 Å². The van der Waals surface area contributed by atoms with E-state index in [9.17, 15) is 26.8 Å². The third kappa shape index (κ3) is 9.15. The lowest BCUT2D eigenvalue weighted by molar-refractivity contribution is -0.141. The van der Waals surface area contributed by atoms with Crippen molar-refractivity contribution >= 4 is 27.5 Å². The molecule has 0 aromatic heterocycles. The molecule has 1 atom stereocenters. The Morgan fingerprint density at radius 2 is 1.48 bits per heavy atom. The van der Waals surface area contributed by atoms with Gasteiger partial charge in [-0.15, -0.1) is 0 Å². The number of amides is 2. The number of sulfonamides is 1. The normalized spacial score (nSPS) is 12.0. The molecular formula is C30H35F2N3O4S. The molecule has 0 radical (unpaired) electrons. The molecule has 0 saturated carbocycles. The third-order valence-corrected chi connectivity index (χ3v) is 7.55. The molecule has 214 valence electrons. The van der Waals surface area contributed by atoms with Gasteiger partial charge in [0.1, 0.15) is 17.7 Å². The Labute approximate surface area is 234 Å². The van der Waals surface area contributed by atoms with Gasteiger partial charge < -0.3 is 10.2 Å². The largest absolute Gasteiger partial charge is 0.354 e. The molecule has 1 N–H and O–H groups in total. The lowest BCUT2D eigenvalue weighted by Crippen LogP contribution is -2.50. The van der Waals surface area contributed by atoms with Gasteiger partial charge >= 0.3 is 0 Å². The summed E-state index contributed by atoms with van der Waals surface area (Å²) < 4.78 is 53.0. The first kappa shape index (κ1) is 30.7. The number of carbonyl (C=O) groups is 2. The van der Waals surface area contributed by atoms with Crippen LogP contribution in [0.4, 0.5) is 14.5 Å². The van der Waals surface area contributed by atoms with Gasteiger partial charge in [0.05, 0.1) is 11.9 Å². The first-order valence-corrected chi connectivity index (χ1v) is 15.0. The number of anilines is 1. The van der Waals surface area contributed by atoms with Crippen molar-refractivity contribution in [1.29, 1.82) is 0 Å². The minimum Gasteiger partial charge on any atom is -0.354 e. The van der Waals surface area contributed by atoms with Crippen molar-refractivity contribution in [1.82, 2.24) is 10.2 Å². The van der Waals surface area contributed by atoms with Gasteiger partial charge in [0.25, 0.3) is 0 Å². The summed E-state index contributed by atoms with van der Waals surface area (Å²) in [5.41, 5.74) is 1.82. The van der Waals surface area contributed by atoms with E-state index in [2.05, 4.69) is 5.32 Å². The van der Waals surface area contributed by atoms with Crippen LogP contribution in [0.1, 0.15) is 37.3 Å². The summed E-state index contributed by atoms with van der Waals surface area (Å²) in [7, 11) is -3.70. The fourth-order valence-electron chi connectivity index (χ4n) is 4.32. The Kier molecular flexibility index (Phi) is 11.2. The summed E-state index contributed by atoms with van der Waals surface area (Å²) in [5.74, 6) is -1.55. The molecule has 0 saturated heterocycles. The van der Waals surface area contributed by atoms with Crippen LogP contribution in [0.3, 0.4) is 0 Å². The van der Waals surface area contributed by atoms with E-state index >= 15 is 0 Å². The summed E-state index contributed by atoms with van der Waals surface area (Å²) in [6.45, 7) is 2.45. The van der Waals surface area contributed by atoms with Gasteiger partial charge in [0, 0.05) is 32.5 Å². The number of nitrogens with one attached hydrogen (secondary N) is 1. The van der Waals surface area contributed by atoms with E-state index in [4.69, 9.17) is 0 Å². The van der Waals surface area contributed by atoms with Crippen LogP contribution in [0.15, 0.2) is 78.9 Å². The maximum atomic E-state index is 13.7. The Bertz CT molecular complexity index is 1350. The molecule has 0 aliphatic carbocycles. The van der Waals surface area contributed by atoms with E-state index in [-0.39, 0.29) is 44.2 Å². The number of carbonyl (C=O) groups excluding carboxylic acids is 2.